The topological polar surface area (TPSA) is 85.2 Å². The van der Waals surface area contributed by atoms with Crippen LogP contribution in [0.1, 0.15) is 34.1 Å². The van der Waals surface area contributed by atoms with Gasteiger partial charge in [-0.25, -0.2) is 4.79 Å². The zero-order chi connectivity index (χ0) is 14.1. The minimum Gasteiger partial charge on any atom is -0.338 e. The summed E-state index contributed by atoms with van der Waals surface area (Å²) < 4.78 is 0. The fourth-order valence-electron chi connectivity index (χ4n) is 1.65. The van der Waals surface area contributed by atoms with Crippen molar-refractivity contribution in [2.24, 2.45) is 0 Å². The molecule has 6 heteroatoms. The van der Waals surface area contributed by atoms with Crippen molar-refractivity contribution in [3.63, 3.8) is 0 Å². The average Bonchev–Trinajstić information content (AvgIpc) is 2.28. The molecule has 18 heavy (non-hydrogen) atoms. The van der Waals surface area contributed by atoms with Crippen molar-refractivity contribution in [2.75, 3.05) is 13.1 Å². The average molecular weight is 254 g/mol. The summed E-state index contributed by atoms with van der Waals surface area (Å²) in [5.41, 5.74) is 0. The monoisotopic (exact) mass is 254 g/mol. The third-order valence-electron chi connectivity index (χ3n) is 2.60. The lowest BCUT2D eigenvalue weighted by atomic mass is 10.2. The number of urea groups is 1. The van der Waals surface area contributed by atoms with Crippen LogP contribution in [0.4, 0.5) is 4.79 Å². The van der Waals surface area contributed by atoms with Crippen molar-refractivity contribution >= 4 is 11.9 Å². The van der Waals surface area contributed by atoms with E-state index in [9.17, 15) is 9.59 Å². The number of rotatable bonds is 6. The molecule has 0 spiro atoms. The fraction of sp³-hybridized carbons (Fsp3) is 0.750. The summed E-state index contributed by atoms with van der Waals surface area (Å²) in [5, 5.41) is 13.4. The molecule has 0 bridgehead atoms. The summed E-state index contributed by atoms with van der Waals surface area (Å²) >= 11 is 0. The molecule has 0 rings (SSSR count). The highest BCUT2D eigenvalue weighted by Crippen LogP contribution is 2.06. The van der Waals surface area contributed by atoms with Gasteiger partial charge in [0.05, 0.1) is 12.1 Å². The normalized spacial score (nSPS) is 12.1. The zero-order valence-electron chi connectivity index (χ0n) is 11.5. The second kappa shape index (κ2) is 8.48. The Hall–Kier alpha value is -1.61. The molecule has 0 aromatic carbocycles. The number of hydrogen-bond acceptors (Lipinski definition) is 4. The molecule has 0 aliphatic carbocycles. The van der Waals surface area contributed by atoms with E-state index in [4.69, 9.17) is 5.26 Å². The Balaban J connectivity index is 4.47. The summed E-state index contributed by atoms with van der Waals surface area (Å²) in [6.45, 7) is 8.39. The first-order chi connectivity index (χ1) is 8.43. The highest BCUT2D eigenvalue weighted by molar-refractivity contribution is 5.96. The number of carbonyl (C=O) groups excluding carboxylic acids is 2. The van der Waals surface area contributed by atoms with Crippen molar-refractivity contribution in [2.45, 2.75) is 46.2 Å². The van der Waals surface area contributed by atoms with E-state index in [2.05, 4.69) is 16.7 Å². The van der Waals surface area contributed by atoms with Gasteiger partial charge in [-0.2, -0.15) is 5.26 Å². The van der Waals surface area contributed by atoms with E-state index in [1.165, 1.54) is 0 Å². The molecular formula is C12H22N4O2. The molecule has 0 aromatic heterocycles. The van der Waals surface area contributed by atoms with Gasteiger partial charge < -0.3 is 5.32 Å². The van der Waals surface area contributed by atoms with Gasteiger partial charge >= 0.3 is 6.03 Å². The Morgan fingerprint density at radius 3 is 2.39 bits per heavy atom. The molecule has 2 N–H and O–H groups in total. The van der Waals surface area contributed by atoms with Crippen molar-refractivity contribution in [1.29, 1.82) is 5.26 Å². The number of amides is 3. The molecule has 102 valence electrons. The standard InChI is InChI=1S/C12H22N4O2/c1-5-14-12(18)15-11(17)10(4)16(9(2)3)8-6-7-13/h9-10H,5-6,8H2,1-4H3,(H2,14,15,17,18). The van der Waals surface area contributed by atoms with Gasteiger partial charge in [-0.1, -0.05) is 0 Å². The third-order valence-corrected chi connectivity index (χ3v) is 2.60. The smallest absolute Gasteiger partial charge is 0.321 e. The molecule has 1 unspecified atom stereocenters. The first-order valence-corrected chi connectivity index (χ1v) is 6.15. The summed E-state index contributed by atoms with van der Waals surface area (Å²) in [5.74, 6) is -0.354. The molecule has 0 aromatic rings. The number of carbonyl (C=O) groups is 2. The Morgan fingerprint density at radius 2 is 1.94 bits per heavy atom. The van der Waals surface area contributed by atoms with Crippen molar-refractivity contribution in [3.05, 3.63) is 0 Å². The highest BCUT2D eigenvalue weighted by atomic mass is 16.2. The van der Waals surface area contributed by atoms with Gasteiger partial charge in [0, 0.05) is 25.6 Å². The minimum atomic E-state index is -0.488. The second-order valence-electron chi connectivity index (χ2n) is 4.26. The maximum absolute atomic E-state index is 11.8. The van der Waals surface area contributed by atoms with Crippen molar-refractivity contribution in [1.82, 2.24) is 15.5 Å². The Morgan fingerprint density at radius 1 is 1.33 bits per heavy atom. The summed E-state index contributed by atoms with van der Waals surface area (Å²) in [7, 11) is 0. The lowest BCUT2D eigenvalue weighted by molar-refractivity contribution is -0.125. The van der Waals surface area contributed by atoms with Gasteiger partial charge in [0.15, 0.2) is 0 Å². The molecule has 0 heterocycles. The van der Waals surface area contributed by atoms with Gasteiger partial charge in [-0.05, 0) is 27.7 Å². The molecule has 0 aliphatic rings. The van der Waals surface area contributed by atoms with E-state index in [0.717, 1.165) is 0 Å². The van der Waals surface area contributed by atoms with E-state index in [1.807, 2.05) is 18.7 Å². The van der Waals surface area contributed by atoms with Crippen LogP contribution in [0.5, 0.6) is 0 Å². The molecule has 0 radical (unpaired) electrons. The predicted octanol–water partition coefficient (Wildman–Crippen LogP) is 0.845. The van der Waals surface area contributed by atoms with Crippen LogP contribution in [0, 0.1) is 11.3 Å². The Bertz CT molecular complexity index is 323. The van der Waals surface area contributed by atoms with Crippen LogP contribution >= 0.6 is 0 Å². The van der Waals surface area contributed by atoms with Gasteiger partial charge in [-0.15, -0.1) is 0 Å². The maximum atomic E-state index is 11.8. The number of imide groups is 1. The van der Waals surface area contributed by atoms with E-state index >= 15 is 0 Å². The SMILES string of the molecule is CCNC(=O)NC(=O)C(C)N(CCC#N)C(C)C. The van der Waals surface area contributed by atoms with Gasteiger partial charge in [0.25, 0.3) is 0 Å². The lowest BCUT2D eigenvalue weighted by Crippen LogP contribution is -2.51. The number of nitriles is 1. The molecule has 1 atom stereocenters. The quantitative estimate of drug-likeness (QED) is 0.735. The molecule has 6 nitrogen and oxygen atoms in total. The van der Waals surface area contributed by atoms with Crippen LogP contribution in [0.2, 0.25) is 0 Å². The highest BCUT2D eigenvalue weighted by Gasteiger charge is 2.24. The summed E-state index contributed by atoms with van der Waals surface area (Å²) in [6, 6.07) is 1.26. The van der Waals surface area contributed by atoms with Crippen LogP contribution in [-0.4, -0.2) is 42.0 Å². The zero-order valence-corrected chi connectivity index (χ0v) is 11.5. The van der Waals surface area contributed by atoms with Crippen molar-refractivity contribution < 1.29 is 9.59 Å². The van der Waals surface area contributed by atoms with Gasteiger partial charge in [-0.3, -0.25) is 15.0 Å². The molecular weight excluding hydrogens is 232 g/mol. The Labute approximate surface area is 108 Å². The van der Waals surface area contributed by atoms with Gasteiger partial charge in [0.1, 0.15) is 0 Å². The largest absolute Gasteiger partial charge is 0.338 e. The van der Waals surface area contributed by atoms with Gasteiger partial charge in [0.2, 0.25) is 5.91 Å². The molecule has 0 saturated carbocycles. The molecule has 0 saturated heterocycles. The van der Waals surface area contributed by atoms with E-state index in [0.29, 0.717) is 19.5 Å². The molecule has 3 amide bonds. The summed E-state index contributed by atoms with van der Waals surface area (Å²) in [6.07, 6.45) is 0.358. The fourth-order valence-corrected chi connectivity index (χ4v) is 1.65. The van der Waals surface area contributed by atoms with Crippen LogP contribution in [-0.2, 0) is 4.79 Å². The van der Waals surface area contributed by atoms with Crippen molar-refractivity contribution in [3.8, 4) is 6.07 Å². The first-order valence-electron chi connectivity index (χ1n) is 6.15. The Kier molecular flexibility index (Phi) is 7.72. The van der Waals surface area contributed by atoms with Crippen LogP contribution < -0.4 is 10.6 Å². The number of nitrogens with one attached hydrogen (secondary N) is 2. The van der Waals surface area contributed by atoms with Crippen LogP contribution in [0.25, 0.3) is 0 Å². The number of nitrogens with zero attached hydrogens (tertiary/aromatic N) is 2. The van der Waals surface area contributed by atoms with E-state index in [1.54, 1.807) is 13.8 Å². The summed E-state index contributed by atoms with van der Waals surface area (Å²) in [4.78, 5) is 25.0. The maximum Gasteiger partial charge on any atom is 0.321 e. The predicted molar refractivity (Wildman–Crippen MR) is 68.7 cm³/mol. The minimum absolute atomic E-state index is 0.133. The lowest BCUT2D eigenvalue weighted by Gasteiger charge is -2.30. The third kappa shape index (κ3) is 5.64. The number of hydrogen-bond donors (Lipinski definition) is 2. The molecule has 0 aliphatic heterocycles. The second-order valence-corrected chi connectivity index (χ2v) is 4.26. The van der Waals surface area contributed by atoms with Crippen LogP contribution in [0.3, 0.4) is 0 Å². The first kappa shape index (κ1) is 16.4. The molecule has 0 fully saturated rings. The van der Waals surface area contributed by atoms with E-state index < -0.39 is 12.1 Å². The van der Waals surface area contributed by atoms with E-state index in [-0.39, 0.29) is 11.9 Å². The van der Waals surface area contributed by atoms with Crippen LogP contribution in [0.15, 0.2) is 0 Å².